The van der Waals surface area contributed by atoms with Gasteiger partial charge in [-0.1, -0.05) is 30.3 Å². The molecular weight excluding hydrogens is 360 g/mol. The molecule has 132 valence electrons. The lowest BCUT2D eigenvalue weighted by atomic mass is 10.1. The number of aromatic nitrogens is 6. The minimum atomic E-state index is 0.193. The van der Waals surface area contributed by atoms with E-state index in [1.165, 1.54) is 11.3 Å². The largest absolute Gasteiger partial charge is 0.508 e. The van der Waals surface area contributed by atoms with E-state index in [9.17, 15) is 5.11 Å². The number of H-pyrrole nitrogens is 1. The molecule has 0 unspecified atom stereocenters. The van der Waals surface area contributed by atoms with Crippen LogP contribution in [0.25, 0.3) is 38.0 Å². The second-order valence-electron chi connectivity index (χ2n) is 6.08. The van der Waals surface area contributed by atoms with Crippen LogP contribution in [0.1, 0.15) is 5.69 Å². The van der Waals surface area contributed by atoms with Gasteiger partial charge in [-0.3, -0.25) is 0 Å². The van der Waals surface area contributed by atoms with Crippen LogP contribution in [0.5, 0.6) is 5.75 Å². The Morgan fingerprint density at radius 2 is 2.00 bits per heavy atom. The summed E-state index contributed by atoms with van der Waals surface area (Å²) in [4.78, 5) is 8.90. The molecule has 0 aliphatic carbocycles. The van der Waals surface area contributed by atoms with E-state index in [1.807, 2.05) is 37.3 Å². The molecule has 5 rings (SSSR count). The van der Waals surface area contributed by atoms with Gasteiger partial charge in [0.05, 0.1) is 22.5 Å². The number of nitrogens with zero attached hydrogens (tertiary/aromatic N) is 5. The monoisotopic (exact) mass is 374 g/mol. The normalized spacial score (nSPS) is 11.3. The van der Waals surface area contributed by atoms with Gasteiger partial charge in [-0.05, 0) is 13.0 Å². The quantitative estimate of drug-likeness (QED) is 0.499. The van der Waals surface area contributed by atoms with Gasteiger partial charge in [-0.25, -0.2) is 9.50 Å². The van der Waals surface area contributed by atoms with Gasteiger partial charge in [0.1, 0.15) is 22.0 Å². The minimum Gasteiger partial charge on any atom is -0.508 e. The number of aromatic hydroxyl groups is 1. The molecule has 0 aliphatic heterocycles. The Kier molecular flexibility index (Phi) is 3.51. The lowest BCUT2D eigenvalue weighted by molar-refractivity contribution is 0.475. The molecule has 0 fully saturated rings. The van der Waals surface area contributed by atoms with Crippen molar-refractivity contribution in [3.05, 3.63) is 60.7 Å². The lowest BCUT2D eigenvalue weighted by Gasteiger charge is -1.99. The van der Waals surface area contributed by atoms with Crippen molar-refractivity contribution in [3.8, 4) is 38.3 Å². The van der Waals surface area contributed by atoms with E-state index in [0.29, 0.717) is 5.82 Å². The molecular formula is C19H14N6OS. The second-order valence-corrected chi connectivity index (χ2v) is 7.07. The molecule has 2 N–H and O–H groups in total. The van der Waals surface area contributed by atoms with Crippen molar-refractivity contribution >= 4 is 16.9 Å². The van der Waals surface area contributed by atoms with E-state index in [0.717, 1.165) is 37.9 Å². The van der Waals surface area contributed by atoms with Crippen molar-refractivity contribution in [1.82, 2.24) is 29.8 Å². The van der Waals surface area contributed by atoms with Crippen LogP contribution in [0.4, 0.5) is 0 Å². The fourth-order valence-electron chi connectivity index (χ4n) is 3.11. The minimum absolute atomic E-state index is 0.193. The smallest absolute Gasteiger partial charge is 0.173 e. The summed E-state index contributed by atoms with van der Waals surface area (Å²) in [5.41, 5.74) is 4.40. The maximum absolute atomic E-state index is 9.92. The van der Waals surface area contributed by atoms with E-state index >= 15 is 0 Å². The molecule has 0 bridgehead atoms. The highest BCUT2D eigenvalue weighted by atomic mass is 32.1. The predicted molar refractivity (Wildman–Crippen MR) is 104 cm³/mol. The van der Waals surface area contributed by atoms with Gasteiger partial charge in [0.15, 0.2) is 5.82 Å². The standard InChI is InChI=1S/C19H14N6OS/c1-11-15(14-9-13(26)7-8-25(14)24-11)19-22-16(12-5-3-2-4-6-12)17(27-19)18-20-10-21-23-18/h2-10,26H,1H3,(H,20,21,23). The van der Waals surface area contributed by atoms with Crippen LogP contribution in [0.2, 0.25) is 0 Å². The number of nitrogens with one attached hydrogen (secondary N) is 1. The van der Waals surface area contributed by atoms with Crippen molar-refractivity contribution in [2.24, 2.45) is 0 Å². The molecule has 0 radical (unpaired) electrons. The Morgan fingerprint density at radius 1 is 1.15 bits per heavy atom. The number of fused-ring (bicyclic) bond motifs is 1. The van der Waals surface area contributed by atoms with Crippen LogP contribution in [-0.4, -0.2) is 34.9 Å². The zero-order valence-electron chi connectivity index (χ0n) is 14.3. The van der Waals surface area contributed by atoms with Gasteiger partial charge in [0.2, 0.25) is 0 Å². The number of hydrogen-bond donors (Lipinski definition) is 2. The zero-order chi connectivity index (χ0) is 18.4. The van der Waals surface area contributed by atoms with Gasteiger partial charge in [0, 0.05) is 17.8 Å². The average molecular weight is 374 g/mol. The van der Waals surface area contributed by atoms with Crippen molar-refractivity contribution in [3.63, 3.8) is 0 Å². The Balaban J connectivity index is 1.78. The van der Waals surface area contributed by atoms with Gasteiger partial charge in [-0.15, -0.1) is 21.5 Å². The summed E-state index contributed by atoms with van der Waals surface area (Å²) < 4.78 is 1.75. The summed E-state index contributed by atoms with van der Waals surface area (Å²) in [7, 11) is 0. The summed E-state index contributed by atoms with van der Waals surface area (Å²) in [5, 5.41) is 23.4. The summed E-state index contributed by atoms with van der Waals surface area (Å²) in [6.07, 6.45) is 3.30. The summed E-state index contributed by atoms with van der Waals surface area (Å²) in [6, 6.07) is 13.3. The van der Waals surface area contributed by atoms with E-state index in [4.69, 9.17) is 4.98 Å². The lowest BCUT2D eigenvalue weighted by Crippen LogP contribution is -1.85. The van der Waals surface area contributed by atoms with Crippen LogP contribution in [0.3, 0.4) is 0 Å². The maximum atomic E-state index is 9.92. The first-order valence-corrected chi connectivity index (χ1v) is 9.13. The number of rotatable bonds is 3. The Labute approximate surface area is 158 Å². The number of benzene rings is 1. The van der Waals surface area contributed by atoms with Crippen LogP contribution >= 0.6 is 11.3 Å². The molecule has 0 spiro atoms. The highest BCUT2D eigenvalue weighted by Crippen LogP contribution is 2.41. The predicted octanol–water partition coefficient (Wildman–Crippen LogP) is 3.92. The fourth-order valence-corrected chi connectivity index (χ4v) is 4.25. The molecule has 7 nitrogen and oxygen atoms in total. The van der Waals surface area contributed by atoms with Crippen molar-refractivity contribution in [1.29, 1.82) is 0 Å². The van der Waals surface area contributed by atoms with Crippen LogP contribution in [0.15, 0.2) is 55.0 Å². The fraction of sp³-hybridized carbons (Fsp3) is 0.0526. The van der Waals surface area contributed by atoms with Crippen molar-refractivity contribution in [2.45, 2.75) is 6.92 Å². The van der Waals surface area contributed by atoms with Crippen LogP contribution < -0.4 is 0 Å². The molecule has 0 saturated heterocycles. The molecule has 4 aromatic heterocycles. The first-order chi connectivity index (χ1) is 13.2. The van der Waals surface area contributed by atoms with Gasteiger partial charge in [0.25, 0.3) is 0 Å². The number of pyridine rings is 1. The third-order valence-corrected chi connectivity index (χ3v) is 5.39. The van der Waals surface area contributed by atoms with Gasteiger partial charge in [-0.2, -0.15) is 5.10 Å². The summed E-state index contributed by atoms with van der Waals surface area (Å²) in [5.74, 6) is 0.869. The van der Waals surface area contributed by atoms with E-state index < -0.39 is 0 Å². The molecule has 0 saturated carbocycles. The zero-order valence-corrected chi connectivity index (χ0v) is 15.1. The molecule has 4 heterocycles. The molecule has 0 amide bonds. The third-order valence-electron chi connectivity index (χ3n) is 4.31. The molecule has 1 aromatic carbocycles. The molecule has 5 aromatic rings. The first kappa shape index (κ1) is 15.7. The highest BCUT2D eigenvalue weighted by molar-refractivity contribution is 7.19. The third kappa shape index (κ3) is 2.58. The highest BCUT2D eigenvalue weighted by Gasteiger charge is 2.22. The first-order valence-electron chi connectivity index (χ1n) is 8.32. The Morgan fingerprint density at radius 3 is 2.78 bits per heavy atom. The average Bonchev–Trinajstić information content (AvgIpc) is 3.39. The number of hydrogen-bond acceptors (Lipinski definition) is 6. The van der Waals surface area contributed by atoms with E-state index in [1.54, 1.807) is 29.2 Å². The van der Waals surface area contributed by atoms with E-state index in [2.05, 4.69) is 20.3 Å². The number of aromatic amines is 1. The second kappa shape index (κ2) is 6.03. The van der Waals surface area contributed by atoms with Crippen molar-refractivity contribution < 1.29 is 5.11 Å². The van der Waals surface area contributed by atoms with Gasteiger partial charge >= 0.3 is 0 Å². The van der Waals surface area contributed by atoms with Crippen molar-refractivity contribution in [2.75, 3.05) is 0 Å². The summed E-state index contributed by atoms with van der Waals surface area (Å²) in [6.45, 7) is 1.94. The topological polar surface area (TPSA) is 92.0 Å². The Bertz CT molecular complexity index is 1240. The van der Waals surface area contributed by atoms with Crippen LogP contribution in [-0.2, 0) is 0 Å². The molecule has 8 heteroatoms. The van der Waals surface area contributed by atoms with Crippen LogP contribution in [0, 0.1) is 6.92 Å². The number of aryl methyl sites for hydroxylation is 1. The molecule has 0 aliphatic rings. The maximum Gasteiger partial charge on any atom is 0.173 e. The van der Waals surface area contributed by atoms with Gasteiger partial charge < -0.3 is 10.1 Å². The SMILES string of the molecule is Cc1nn2ccc(O)cc2c1-c1nc(-c2ccccc2)c(-c2nnc[nH]2)s1. The molecule has 0 atom stereocenters. The Hall–Kier alpha value is -3.52. The summed E-state index contributed by atoms with van der Waals surface area (Å²) >= 11 is 1.52. The van der Waals surface area contributed by atoms with E-state index in [-0.39, 0.29) is 5.75 Å². The molecule has 27 heavy (non-hydrogen) atoms. The number of thiazole rings is 1.